The van der Waals surface area contributed by atoms with Gasteiger partial charge in [0.05, 0.1) is 10.5 Å². The maximum absolute atomic E-state index is 13.3. The Kier molecular flexibility index (Phi) is 3.94. The lowest BCUT2D eigenvalue weighted by Gasteiger charge is -2.12. The minimum absolute atomic E-state index is 0.00804. The van der Waals surface area contributed by atoms with Crippen LogP contribution in [0, 0.1) is 5.82 Å². The van der Waals surface area contributed by atoms with Gasteiger partial charge < -0.3 is 5.32 Å². The molecule has 0 saturated carbocycles. The standard InChI is InChI=1S/C15H10F4N2O3S/c16-13-4-3-10(6-12(13)15(17,18)19)25(23,24)21-9-2-1-8-7-20-14(22)11(8)5-9/h1-6,21H,7H2,(H,20,22). The van der Waals surface area contributed by atoms with E-state index in [9.17, 15) is 30.8 Å². The van der Waals surface area contributed by atoms with E-state index >= 15 is 0 Å². The molecule has 1 amide bonds. The van der Waals surface area contributed by atoms with Gasteiger partial charge in [-0.3, -0.25) is 9.52 Å². The van der Waals surface area contributed by atoms with E-state index in [-0.39, 0.29) is 23.2 Å². The van der Waals surface area contributed by atoms with E-state index in [1.807, 2.05) is 0 Å². The molecule has 0 saturated heterocycles. The Morgan fingerprint density at radius 2 is 1.80 bits per heavy atom. The van der Waals surface area contributed by atoms with Crippen molar-refractivity contribution < 1.29 is 30.8 Å². The van der Waals surface area contributed by atoms with Gasteiger partial charge in [-0.15, -0.1) is 0 Å². The third kappa shape index (κ3) is 3.29. The molecule has 1 aliphatic heterocycles. The van der Waals surface area contributed by atoms with Crippen LogP contribution in [0.25, 0.3) is 0 Å². The molecule has 3 rings (SSSR count). The monoisotopic (exact) mass is 374 g/mol. The molecule has 0 bridgehead atoms. The molecule has 0 aromatic heterocycles. The Balaban J connectivity index is 1.96. The molecule has 0 fully saturated rings. The van der Waals surface area contributed by atoms with Gasteiger partial charge in [-0.05, 0) is 35.9 Å². The quantitative estimate of drug-likeness (QED) is 0.812. The molecule has 25 heavy (non-hydrogen) atoms. The highest BCUT2D eigenvalue weighted by molar-refractivity contribution is 7.92. The second-order valence-electron chi connectivity index (χ2n) is 5.30. The molecule has 1 aliphatic rings. The van der Waals surface area contributed by atoms with Gasteiger partial charge in [0.15, 0.2) is 0 Å². The highest BCUT2D eigenvalue weighted by atomic mass is 32.2. The SMILES string of the molecule is O=C1NCc2ccc(NS(=O)(=O)c3ccc(F)c(C(F)(F)F)c3)cc21. The summed E-state index contributed by atoms with van der Waals surface area (Å²) in [7, 11) is -4.40. The topological polar surface area (TPSA) is 75.3 Å². The number of fused-ring (bicyclic) bond motifs is 1. The van der Waals surface area contributed by atoms with Gasteiger partial charge in [-0.25, -0.2) is 12.8 Å². The highest BCUT2D eigenvalue weighted by Crippen LogP contribution is 2.33. The fourth-order valence-electron chi connectivity index (χ4n) is 2.38. The molecule has 2 aromatic carbocycles. The summed E-state index contributed by atoms with van der Waals surface area (Å²) in [6.07, 6.45) is -5.03. The van der Waals surface area contributed by atoms with Crippen LogP contribution < -0.4 is 10.0 Å². The smallest absolute Gasteiger partial charge is 0.348 e. The summed E-state index contributed by atoms with van der Waals surface area (Å²) in [6, 6.07) is 5.57. The first-order valence-corrected chi connectivity index (χ1v) is 8.37. The van der Waals surface area contributed by atoms with Gasteiger partial charge in [0, 0.05) is 17.8 Å². The third-order valence-corrected chi connectivity index (χ3v) is 4.98. The first-order valence-electron chi connectivity index (χ1n) is 6.88. The Morgan fingerprint density at radius 1 is 1.08 bits per heavy atom. The van der Waals surface area contributed by atoms with E-state index in [1.54, 1.807) is 0 Å². The summed E-state index contributed by atoms with van der Waals surface area (Å²) in [5.74, 6) is -1.95. The van der Waals surface area contributed by atoms with Crippen molar-refractivity contribution in [2.24, 2.45) is 0 Å². The zero-order valence-electron chi connectivity index (χ0n) is 12.3. The number of anilines is 1. The molecular formula is C15H10F4N2O3S. The normalized spacial score (nSPS) is 14.2. The van der Waals surface area contributed by atoms with Crippen molar-refractivity contribution in [1.29, 1.82) is 0 Å². The molecular weight excluding hydrogens is 364 g/mol. The van der Waals surface area contributed by atoms with Crippen LogP contribution in [0.3, 0.4) is 0 Å². The van der Waals surface area contributed by atoms with E-state index in [4.69, 9.17) is 0 Å². The summed E-state index contributed by atoms with van der Waals surface area (Å²) in [4.78, 5) is 10.8. The number of carbonyl (C=O) groups is 1. The van der Waals surface area contributed by atoms with Crippen molar-refractivity contribution in [3.05, 3.63) is 58.9 Å². The summed E-state index contributed by atoms with van der Waals surface area (Å²) in [5.41, 5.74) is -0.721. The second-order valence-corrected chi connectivity index (χ2v) is 6.98. The number of halogens is 4. The molecule has 2 aromatic rings. The predicted octanol–water partition coefficient (Wildman–Crippen LogP) is 2.89. The van der Waals surface area contributed by atoms with Crippen LogP contribution in [0.4, 0.5) is 23.2 Å². The zero-order chi connectivity index (χ0) is 18.4. The number of nitrogens with one attached hydrogen (secondary N) is 2. The van der Waals surface area contributed by atoms with E-state index < -0.39 is 32.5 Å². The van der Waals surface area contributed by atoms with Crippen molar-refractivity contribution in [3.8, 4) is 0 Å². The van der Waals surface area contributed by atoms with Gasteiger partial charge in [-0.1, -0.05) is 6.07 Å². The maximum atomic E-state index is 13.3. The lowest BCUT2D eigenvalue weighted by atomic mass is 10.1. The number of sulfonamides is 1. The molecule has 5 nitrogen and oxygen atoms in total. The average Bonchev–Trinajstić information content (AvgIpc) is 2.87. The minimum Gasteiger partial charge on any atom is -0.348 e. The Morgan fingerprint density at radius 3 is 2.48 bits per heavy atom. The number of carbonyl (C=O) groups excluding carboxylic acids is 1. The van der Waals surface area contributed by atoms with Gasteiger partial charge >= 0.3 is 6.18 Å². The Labute approximate surface area is 139 Å². The van der Waals surface area contributed by atoms with Crippen LogP contribution in [-0.4, -0.2) is 14.3 Å². The van der Waals surface area contributed by atoms with Crippen LogP contribution in [-0.2, 0) is 22.7 Å². The van der Waals surface area contributed by atoms with Gasteiger partial charge in [0.25, 0.3) is 15.9 Å². The van der Waals surface area contributed by atoms with Gasteiger partial charge in [0.1, 0.15) is 5.82 Å². The molecule has 10 heteroatoms. The molecule has 0 radical (unpaired) electrons. The molecule has 1 heterocycles. The van der Waals surface area contributed by atoms with Crippen molar-refractivity contribution in [3.63, 3.8) is 0 Å². The third-order valence-electron chi connectivity index (χ3n) is 3.60. The van der Waals surface area contributed by atoms with E-state index in [1.165, 1.54) is 18.2 Å². The van der Waals surface area contributed by atoms with Crippen LogP contribution >= 0.6 is 0 Å². The highest BCUT2D eigenvalue weighted by Gasteiger charge is 2.35. The largest absolute Gasteiger partial charge is 0.419 e. The number of rotatable bonds is 3. The van der Waals surface area contributed by atoms with Crippen molar-refractivity contribution >= 4 is 21.6 Å². The molecule has 0 spiro atoms. The van der Waals surface area contributed by atoms with Crippen LogP contribution in [0.5, 0.6) is 0 Å². The predicted molar refractivity (Wildman–Crippen MR) is 79.8 cm³/mol. The van der Waals surface area contributed by atoms with Crippen LogP contribution in [0.2, 0.25) is 0 Å². The fourth-order valence-corrected chi connectivity index (χ4v) is 3.45. The first-order chi connectivity index (χ1) is 11.6. The number of hydrogen-bond acceptors (Lipinski definition) is 3. The number of benzene rings is 2. The van der Waals surface area contributed by atoms with Gasteiger partial charge in [0.2, 0.25) is 0 Å². The van der Waals surface area contributed by atoms with Crippen molar-refractivity contribution in [1.82, 2.24) is 5.32 Å². The summed E-state index contributed by atoms with van der Waals surface area (Å²) < 4.78 is 78.1. The number of hydrogen-bond donors (Lipinski definition) is 2. The van der Waals surface area contributed by atoms with Crippen molar-refractivity contribution in [2.75, 3.05) is 4.72 Å². The lowest BCUT2D eigenvalue weighted by Crippen LogP contribution is -2.16. The molecule has 0 atom stereocenters. The maximum Gasteiger partial charge on any atom is 0.419 e. The lowest BCUT2D eigenvalue weighted by molar-refractivity contribution is -0.140. The van der Waals surface area contributed by atoms with E-state index in [0.29, 0.717) is 18.2 Å². The summed E-state index contributed by atoms with van der Waals surface area (Å²) >= 11 is 0. The fraction of sp³-hybridized carbons (Fsp3) is 0.133. The minimum atomic E-state index is -5.03. The first kappa shape index (κ1) is 17.2. The number of alkyl halides is 3. The summed E-state index contributed by atoms with van der Waals surface area (Å²) in [6.45, 7) is 0.314. The van der Waals surface area contributed by atoms with Crippen LogP contribution in [0.1, 0.15) is 21.5 Å². The Hall–Kier alpha value is -2.62. The van der Waals surface area contributed by atoms with E-state index in [2.05, 4.69) is 10.0 Å². The molecule has 132 valence electrons. The van der Waals surface area contributed by atoms with Crippen LogP contribution in [0.15, 0.2) is 41.3 Å². The summed E-state index contributed by atoms with van der Waals surface area (Å²) in [5, 5.41) is 2.55. The Bertz CT molecular complexity index is 971. The van der Waals surface area contributed by atoms with E-state index in [0.717, 1.165) is 6.07 Å². The zero-order valence-corrected chi connectivity index (χ0v) is 13.1. The average molecular weight is 374 g/mol. The molecule has 0 aliphatic carbocycles. The van der Waals surface area contributed by atoms with Crippen molar-refractivity contribution in [2.45, 2.75) is 17.6 Å². The van der Waals surface area contributed by atoms with Gasteiger partial charge in [-0.2, -0.15) is 13.2 Å². The molecule has 2 N–H and O–H groups in total. The molecule has 0 unspecified atom stereocenters. The number of amides is 1. The second kappa shape index (κ2) is 5.73.